The summed E-state index contributed by atoms with van der Waals surface area (Å²) in [7, 11) is 1.63. The number of benzene rings is 1. The van der Waals surface area contributed by atoms with Gasteiger partial charge in [0.25, 0.3) is 5.91 Å². The van der Waals surface area contributed by atoms with Gasteiger partial charge in [-0.3, -0.25) is 14.0 Å². The highest BCUT2D eigenvalue weighted by molar-refractivity contribution is 7.98. The van der Waals surface area contributed by atoms with Crippen molar-refractivity contribution in [3.05, 3.63) is 46.8 Å². The quantitative estimate of drug-likeness (QED) is 0.499. The van der Waals surface area contributed by atoms with Crippen molar-refractivity contribution >= 4 is 67.2 Å². The average Bonchev–Trinajstić information content (AvgIpc) is 3.33. The number of amides is 2. The number of hydrogen-bond acceptors (Lipinski definition) is 6. The number of para-hydroxylation sites is 1. The van der Waals surface area contributed by atoms with Crippen LogP contribution in [0.3, 0.4) is 0 Å². The highest BCUT2D eigenvalue weighted by Crippen LogP contribution is 2.29. The summed E-state index contributed by atoms with van der Waals surface area (Å²) < 4.78 is 1.97. The van der Waals surface area contributed by atoms with Crippen molar-refractivity contribution in [2.75, 3.05) is 25.2 Å². The molecule has 9 heteroatoms. The Kier molecular flexibility index (Phi) is 4.90. The zero-order chi connectivity index (χ0) is 19.0. The molecule has 4 rings (SSSR count). The number of likely N-dealkylation sites (N-methyl/N-ethyl adjacent to an activating group) is 1. The van der Waals surface area contributed by atoms with E-state index in [0.717, 1.165) is 25.9 Å². The maximum absolute atomic E-state index is 12.7. The lowest BCUT2D eigenvalue weighted by molar-refractivity contribution is -0.116. The molecule has 27 heavy (non-hydrogen) atoms. The van der Waals surface area contributed by atoms with E-state index in [2.05, 4.69) is 10.3 Å². The van der Waals surface area contributed by atoms with Crippen molar-refractivity contribution in [2.45, 2.75) is 4.90 Å². The molecule has 0 bridgehead atoms. The van der Waals surface area contributed by atoms with Gasteiger partial charge in [0.2, 0.25) is 5.91 Å². The molecule has 1 aromatic carbocycles. The third-order valence-electron chi connectivity index (χ3n) is 4.06. The number of carbonyl (C=O) groups is 2. The largest absolute Gasteiger partial charge is 0.332 e. The normalized spacial score (nSPS) is 11.2. The molecule has 138 valence electrons. The number of thiazole rings is 1. The van der Waals surface area contributed by atoms with E-state index >= 15 is 0 Å². The Morgan fingerprint density at radius 3 is 2.96 bits per heavy atom. The van der Waals surface area contributed by atoms with Crippen LogP contribution in [0.2, 0.25) is 0 Å². The van der Waals surface area contributed by atoms with Crippen LogP contribution in [0.5, 0.6) is 0 Å². The number of carbonyl (C=O) groups excluding carboxylic acids is 2. The van der Waals surface area contributed by atoms with Gasteiger partial charge in [0, 0.05) is 23.5 Å². The smallest absolute Gasteiger partial charge is 0.264 e. The maximum Gasteiger partial charge on any atom is 0.264 e. The molecule has 0 aliphatic heterocycles. The second kappa shape index (κ2) is 7.34. The number of anilines is 1. The molecule has 1 N–H and O–H groups in total. The van der Waals surface area contributed by atoms with Gasteiger partial charge in [0.05, 0.1) is 22.6 Å². The van der Waals surface area contributed by atoms with Gasteiger partial charge in [-0.15, -0.1) is 34.4 Å². The van der Waals surface area contributed by atoms with Gasteiger partial charge in [-0.25, -0.2) is 4.98 Å². The van der Waals surface area contributed by atoms with Crippen LogP contribution in [0.1, 0.15) is 9.67 Å². The van der Waals surface area contributed by atoms with E-state index in [1.165, 1.54) is 16.2 Å². The first-order valence-corrected chi connectivity index (χ1v) is 11.0. The van der Waals surface area contributed by atoms with Gasteiger partial charge in [-0.1, -0.05) is 12.1 Å². The van der Waals surface area contributed by atoms with Crippen LogP contribution in [0, 0.1) is 0 Å². The van der Waals surface area contributed by atoms with Gasteiger partial charge >= 0.3 is 0 Å². The molecule has 6 nitrogen and oxygen atoms in total. The minimum Gasteiger partial charge on any atom is -0.332 e. The van der Waals surface area contributed by atoms with E-state index in [9.17, 15) is 9.59 Å². The fourth-order valence-corrected chi connectivity index (χ4v) is 5.11. The molecule has 0 radical (unpaired) electrons. The molecule has 4 aromatic rings. The summed E-state index contributed by atoms with van der Waals surface area (Å²) in [4.78, 5) is 34.3. The Bertz CT molecular complexity index is 1140. The first kappa shape index (κ1) is 18.0. The summed E-state index contributed by atoms with van der Waals surface area (Å²) >= 11 is 4.47. The monoisotopic (exact) mass is 416 g/mol. The number of thioether (sulfide) groups is 1. The number of fused-ring (bicyclic) bond motifs is 3. The fourth-order valence-electron chi connectivity index (χ4n) is 2.77. The van der Waals surface area contributed by atoms with Crippen LogP contribution in [0.15, 0.2) is 46.8 Å². The van der Waals surface area contributed by atoms with Gasteiger partial charge in [-0.05, 0) is 24.5 Å². The van der Waals surface area contributed by atoms with E-state index in [4.69, 9.17) is 0 Å². The van der Waals surface area contributed by atoms with Crippen LogP contribution >= 0.6 is 34.4 Å². The zero-order valence-electron chi connectivity index (χ0n) is 14.6. The predicted molar refractivity (Wildman–Crippen MR) is 112 cm³/mol. The van der Waals surface area contributed by atoms with Crippen LogP contribution in [0.4, 0.5) is 5.69 Å². The van der Waals surface area contributed by atoms with E-state index in [0.29, 0.717) is 4.88 Å². The second-order valence-electron chi connectivity index (χ2n) is 5.88. The molecule has 0 atom stereocenters. The summed E-state index contributed by atoms with van der Waals surface area (Å²) in [6.07, 6.45) is 3.90. The molecule has 0 saturated carbocycles. The van der Waals surface area contributed by atoms with Crippen molar-refractivity contribution in [1.82, 2.24) is 14.3 Å². The molecule has 0 unspecified atom stereocenters. The summed E-state index contributed by atoms with van der Waals surface area (Å²) in [5.41, 5.74) is 1.68. The first-order valence-electron chi connectivity index (χ1n) is 8.10. The van der Waals surface area contributed by atoms with Gasteiger partial charge in [0.1, 0.15) is 4.83 Å². The molecule has 0 aliphatic carbocycles. The van der Waals surface area contributed by atoms with Crippen molar-refractivity contribution in [3.63, 3.8) is 0 Å². The standard InChI is InChI=1S/C18H16N4O2S3/c1-21(10-15(23)19-11-5-3-4-6-13(11)25-2)17(24)14-9-12-16(27-14)20-18-22(12)7-8-26-18/h3-9H,10H2,1-2H3,(H,19,23). The predicted octanol–water partition coefficient (Wildman–Crippen LogP) is 4.04. The van der Waals surface area contributed by atoms with Gasteiger partial charge in [0.15, 0.2) is 4.96 Å². The third-order valence-corrected chi connectivity index (χ3v) is 6.62. The Morgan fingerprint density at radius 1 is 1.33 bits per heavy atom. The topological polar surface area (TPSA) is 66.7 Å². The lowest BCUT2D eigenvalue weighted by Crippen LogP contribution is -2.34. The minimum absolute atomic E-state index is 0.0158. The lowest BCUT2D eigenvalue weighted by atomic mass is 10.3. The Balaban J connectivity index is 1.47. The lowest BCUT2D eigenvalue weighted by Gasteiger charge is -2.16. The molecule has 0 aliphatic rings. The number of imidazole rings is 1. The van der Waals surface area contributed by atoms with Crippen LogP contribution in [-0.4, -0.2) is 45.9 Å². The van der Waals surface area contributed by atoms with Gasteiger partial charge < -0.3 is 10.2 Å². The van der Waals surface area contributed by atoms with Crippen LogP contribution in [0.25, 0.3) is 15.3 Å². The first-order chi connectivity index (χ1) is 13.1. The number of aromatic nitrogens is 2. The molecular formula is C18H16N4O2S3. The van der Waals surface area contributed by atoms with Crippen molar-refractivity contribution in [2.24, 2.45) is 0 Å². The highest BCUT2D eigenvalue weighted by Gasteiger charge is 2.20. The van der Waals surface area contributed by atoms with E-state index in [1.54, 1.807) is 30.1 Å². The summed E-state index contributed by atoms with van der Waals surface area (Å²) in [5.74, 6) is -0.411. The molecule has 3 aromatic heterocycles. The van der Waals surface area contributed by atoms with Crippen molar-refractivity contribution in [3.8, 4) is 0 Å². The van der Waals surface area contributed by atoms with Crippen LogP contribution < -0.4 is 5.32 Å². The summed E-state index contributed by atoms with van der Waals surface area (Å²) in [5, 5.41) is 4.84. The number of thiophene rings is 1. The van der Waals surface area contributed by atoms with Crippen LogP contribution in [-0.2, 0) is 4.79 Å². The Hall–Kier alpha value is -2.36. The highest BCUT2D eigenvalue weighted by atomic mass is 32.2. The Labute approximate surface area is 167 Å². The molecule has 3 heterocycles. The number of hydrogen-bond donors (Lipinski definition) is 1. The molecule has 0 saturated heterocycles. The summed E-state index contributed by atoms with van der Waals surface area (Å²) in [6.45, 7) is -0.0158. The molecular weight excluding hydrogens is 400 g/mol. The molecule has 0 fully saturated rings. The van der Waals surface area contributed by atoms with E-state index < -0.39 is 0 Å². The molecule has 0 spiro atoms. The second-order valence-corrected chi connectivity index (χ2v) is 8.63. The Morgan fingerprint density at radius 2 is 2.15 bits per heavy atom. The third kappa shape index (κ3) is 3.45. The number of nitrogens with zero attached hydrogens (tertiary/aromatic N) is 3. The summed E-state index contributed by atoms with van der Waals surface area (Å²) in [6, 6.07) is 9.44. The van der Waals surface area contributed by atoms with E-state index in [1.807, 2.05) is 52.6 Å². The molecule has 2 amide bonds. The van der Waals surface area contributed by atoms with E-state index in [-0.39, 0.29) is 18.4 Å². The van der Waals surface area contributed by atoms with Gasteiger partial charge in [-0.2, -0.15) is 0 Å². The number of nitrogens with one attached hydrogen (secondary N) is 1. The minimum atomic E-state index is -0.226. The van der Waals surface area contributed by atoms with Crippen molar-refractivity contribution in [1.29, 1.82) is 0 Å². The number of rotatable bonds is 5. The SMILES string of the molecule is CSc1ccccc1NC(=O)CN(C)C(=O)c1cc2c(nc3sccn32)s1. The fraction of sp³-hybridized carbons (Fsp3) is 0.167. The maximum atomic E-state index is 12.7. The average molecular weight is 417 g/mol. The van der Waals surface area contributed by atoms with Crippen molar-refractivity contribution < 1.29 is 9.59 Å². The zero-order valence-corrected chi connectivity index (χ0v) is 17.1.